The van der Waals surface area contributed by atoms with E-state index in [0.29, 0.717) is 5.36 Å². The summed E-state index contributed by atoms with van der Waals surface area (Å²) in [5.41, 5.74) is 17.6. The summed E-state index contributed by atoms with van der Waals surface area (Å²) in [5, 5.41) is 9.55. The third-order valence-corrected chi connectivity index (χ3v) is 8.25. The summed E-state index contributed by atoms with van der Waals surface area (Å²) in [4.78, 5) is 12.5. The van der Waals surface area contributed by atoms with Crippen molar-refractivity contribution in [2.75, 3.05) is 0 Å². The lowest BCUT2D eigenvalue weighted by Gasteiger charge is -2.04. The molecule has 0 spiro atoms. The first-order chi connectivity index (χ1) is 17.6. The Balaban J connectivity index is 2.29. The van der Waals surface area contributed by atoms with Gasteiger partial charge in [0, 0.05) is 22.1 Å². The van der Waals surface area contributed by atoms with Gasteiger partial charge in [0.25, 0.3) is 0 Å². The highest BCUT2D eigenvalue weighted by Gasteiger charge is 2.16. The summed E-state index contributed by atoms with van der Waals surface area (Å²) in [6, 6.07) is 8.71. The maximum atomic E-state index is 9.00. The number of nitrogens with zero attached hydrogens (tertiary/aromatic N) is 1. The standard InChI is InChI=1S/C33H42N4/c1-10-23-18(5)14-28-20(7)25(12-3)32(35-28)17-30-22(9)26(13-4)33(37-30)16-29-21(8)24(11-2)31(36-29)15-27(34)19(23)6/h14-17,34,36-37H,10-13H2,1-9H3. The fraction of sp³-hybridized carbons (Fsp3) is 0.394. The zero-order chi connectivity index (χ0) is 27.0. The van der Waals surface area contributed by atoms with E-state index in [-0.39, 0.29) is 0 Å². The molecule has 3 N–H and O–H groups in total. The van der Waals surface area contributed by atoms with Crippen molar-refractivity contribution in [3.05, 3.63) is 80.0 Å². The van der Waals surface area contributed by atoms with E-state index in [9.17, 15) is 0 Å². The molecule has 4 nitrogen and oxygen atoms in total. The van der Waals surface area contributed by atoms with Gasteiger partial charge in [-0.1, -0.05) is 27.7 Å². The van der Waals surface area contributed by atoms with Crippen LogP contribution in [0.1, 0.15) is 91.4 Å². The molecule has 4 rings (SSSR count). The van der Waals surface area contributed by atoms with Gasteiger partial charge in [-0.05, 0) is 135 Å². The van der Waals surface area contributed by atoms with E-state index in [1.807, 2.05) is 6.07 Å². The Morgan fingerprint density at radius 3 is 1.68 bits per heavy atom. The Morgan fingerprint density at radius 1 is 0.595 bits per heavy atom. The summed E-state index contributed by atoms with van der Waals surface area (Å²) in [6.07, 6.45) is 3.69. The van der Waals surface area contributed by atoms with Crippen LogP contribution in [0.3, 0.4) is 0 Å². The fourth-order valence-corrected chi connectivity index (χ4v) is 5.97. The summed E-state index contributed by atoms with van der Waals surface area (Å²) in [6.45, 7) is 19.6. The Labute approximate surface area is 221 Å². The second-order valence-electron chi connectivity index (χ2n) is 10.3. The molecule has 0 saturated carbocycles. The van der Waals surface area contributed by atoms with Crippen LogP contribution in [0.4, 0.5) is 0 Å². The van der Waals surface area contributed by atoms with Gasteiger partial charge >= 0.3 is 0 Å². The minimum atomic E-state index is 0.555. The molecule has 0 fully saturated rings. The summed E-state index contributed by atoms with van der Waals surface area (Å²) < 4.78 is 0. The van der Waals surface area contributed by atoms with Gasteiger partial charge in [-0.2, -0.15) is 0 Å². The van der Waals surface area contributed by atoms with Crippen LogP contribution < -0.4 is 5.36 Å². The third-order valence-electron chi connectivity index (χ3n) is 8.25. The van der Waals surface area contributed by atoms with E-state index in [0.717, 1.165) is 64.7 Å². The molecule has 0 amide bonds. The first kappa shape index (κ1) is 26.7. The zero-order valence-corrected chi connectivity index (χ0v) is 24.1. The number of H-pyrrole nitrogens is 2. The maximum Gasteiger partial charge on any atom is 0.0693 e. The molecule has 37 heavy (non-hydrogen) atoms. The van der Waals surface area contributed by atoms with Gasteiger partial charge < -0.3 is 15.4 Å². The normalized spacial score (nSPS) is 12.4. The van der Waals surface area contributed by atoms with Gasteiger partial charge in [-0.3, -0.25) is 0 Å². The molecule has 0 atom stereocenters. The first-order valence-corrected chi connectivity index (χ1v) is 13.7. The molecular formula is C33H42N4. The molecule has 3 aromatic heterocycles. The van der Waals surface area contributed by atoms with E-state index in [2.05, 4.69) is 90.5 Å². The molecule has 0 aromatic carbocycles. The lowest BCUT2D eigenvalue weighted by Crippen LogP contribution is -2.05. The fourth-order valence-electron chi connectivity index (χ4n) is 5.97. The number of rotatable bonds is 4. The molecule has 0 radical (unpaired) electrons. The number of aromatic nitrogens is 3. The summed E-state index contributed by atoms with van der Waals surface area (Å²) in [5.74, 6) is 0. The molecule has 0 aliphatic carbocycles. The minimum Gasteiger partial charge on any atom is -0.355 e. The van der Waals surface area contributed by atoms with E-state index < -0.39 is 0 Å². The molecule has 0 saturated heterocycles. The molecule has 4 heterocycles. The van der Waals surface area contributed by atoms with Crippen LogP contribution in [-0.4, -0.2) is 15.0 Å². The molecule has 1 aliphatic heterocycles. The van der Waals surface area contributed by atoms with E-state index in [1.165, 1.54) is 44.5 Å². The lowest BCUT2D eigenvalue weighted by molar-refractivity contribution is 1.06. The van der Waals surface area contributed by atoms with Crippen molar-refractivity contribution >= 4 is 33.2 Å². The second kappa shape index (κ2) is 10.5. The molecule has 4 heteroatoms. The summed E-state index contributed by atoms with van der Waals surface area (Å²) in [7, 11) is 0. The van der Waals surface area contributed by atoms with Crippen LogP contribution in [-0.2, 0) is 19.3 Å². The van der Waals surface area contributed by atoms with Crippen molar-refractivity contribution < 1.29 is 0 Å². The van der Waals surface area contributed by atoms with E-state index >= 15 is 0 Å². The summed E-state index contributed by atoms with van der Waals surface area (Å²) >= 11 is 0. The van der Waals surface area contributed by atoms with Crippen molar-refractivity contribution in [2.24, 2.45) is 0 Å². The SMILES string of the molecule is CCC1=C(C)c2cc(C)c(CC)c(C)c(=N)cc3[nH]c(cc4[nH]c(cc1n2)c(C)c4CC)c(C)c3CC. The lowest BCUT2D eigenvalue weighted by atomic mass is 10.00. The minimum absolute atomic E-state index is 0.555. The largest absolute Gasteiger partial charge is 0.355 e. The van der Waals surface area contributed by atoms with Crippen LogP contribution in [0.15, 0.2) is 24.3 Å². The van der Waals surface area contributed by atoms with Gasteiger partial charge in [-0.25, -0.2) is 4.98 Å². The number of hydrogen-bond donors (Lipinski definition) is 3. The second-order valence-corrected chi connectivity index (χ2v) is 10.3. The van der Waals surface area contributed by atoms with Crippen molar-refractivity contribution in [1.82, 2.24) is 15.0 Å². The molecule has 0 unspecified atom stereocenters. The number of aromatic amines is 2. The van der Waals surface area contributed by atoms with Crippen LogP contribution >= 0.6 is 0 Å². The van der Waals surface area contributed by atoms with Crippen LogP contribution in [0.5, 0.6) is 0 Å². The maximum absolute atomic E-state index is 9.00. The van der Waals surface area contributed by atoms with Crippen molar-refractivity contribution in [1.29, 1.82) is 5.41 Å². The van der Waals surface area contributed by atoms with Crippen molar-refractivity contribution in [3.8, 4) is 0 Å². The average molecular weight is 495 g/mol. The quantitative estimate of drug-likeness (QED) is 0.335. The Kier molecular flexibility index (Phi) is 7.59. The van der Waals surface area contributed by atoms with Crippen molar-refractivity contribution in [3.63, 3.8) is 0 Å². The number of aryl methyl sites for hydroxylation is 5. The van der Waals surface area contributed by atoms with Gasteiger partial charge in [0.2, 0.25) is 0 Å². The Bertz CT molecular complexity index is 1630. The smallest absolute Gasteiger partial charge is 0.0693 e. The van der Waals surface area contributed by atoms with Crippen LogP contribution in [0, 0.1) is 33.1 Å². The number of hydrogen-bond acceptors (Lipinski definition) is 2. The highest BCUT2D eigenvalue weighted by molar-refractivity contribution is 5.92. The molecule has 6 bridgehead atoms. The average Bonchev–Trinajstić information content (AvgIpc) is 3.44. The number of allylic oxidation sites excluding steroid dienone is 2. The van der Waals surface area contributed by atoms with Crippen molar-refractivity contribution in [2.45, 2.75) is 88.0 Å². The molecule has 194 valence electrons. The number of nitrogens with one attached hydrogen (secondary N) is 3. The number of fused-ring (bicyclic) bond motifs is 6. The molecular weight excluding hydrogens is 452 g/mol. The zero-order valence-electron chi connectivity index (χ0n) is 24.1. The van der Waals surface area contributed by atoms with Gasteiger partial charge in [-0.15, -0.1) is 0 Å². The highest BCUT2D eigenvalue weighted by Crippen LogP contribution is 2.33. The van der Waals surface area contributed by atoms with Gasteiger partial charge in [0.15, 0.2) is 0 Å². The van der Waals surface area contributed by atoms with Crippen LogP contribution in [0.25, 0.3) is 33.2 Å². The molecule has 1 aliphatic rings. The van der Waals surface area contributed by atoms with Gasteiger partial charge in [0.05, 0.1) is 16.7 Å². The Hall–Kier alpha value is -3.40. The predicted molar refractivity (Wildman–Crippen MR) is 159 cm³/mol. The Morgan fingerprint density at radius 2 is 1.14 bits per heavy atom. The molecule has 3 aromatic rings. The monoisotopic (exact) mass is 494 g/mol. The highest BCUT2D eigenvalue weighted by atomic mass is 14.8. The van der Waals surface area contributed by atoms with Crippen LogP contribution in [0.2, 0.25) is 0 Å². The predicted octanol–water partition coefficient (Wildman–Crippen LogP) is 8.35. The van der Waals surface area contributed by atoms with E-state index in [4.69, 9.17) is 10.4 Å². The first-order valence-electron chi connectivity index (χ1n) is 13.7. The third kappa shape index (κ3) is 4.70. The van der Waals surface area contributed by atoms with E-state index in [1.54, 1.807) is 0 Å². The van der Waals surface area contributed by atoms with Gasteiger partial charge in [0.1, 0.15) is 0 Å². The topological polar surface area (TPSA) is 68.3 Å².